The maximum absolute atomic E-state index is 5.98. The van der Waals surface area contributed by atoms with E-state index in [9.17, 15) is 0 Å². The van der Waals surface area contributed by atoms with Gasteiger partial charge in [-0.3, -0.25) is 4.98 Å². The summed E-state index contributed by atoms with van der Waals surface area (Å²) in [5.41, 5.74) is 2.11. The molecule has 0 aliphatic heterocycles. The van der Waals surface area contributed by atoms with E-state index in [2.05, 4.69) is 17.2 Å². The van der Waals surface area contributed by atoms with Gasteiger partial charge in [0.25, 0.3) is 0 Å². The Morgan fingerprint density at radius 2 is 2.18 bits per heavy atom. The summed E-state index contributed by atoms with van der Waals surface area (Å²) in [4.78, 5) is 4.35. The Kier molecular flexibility index (Phi) is 2.67. The maximum atomic E-state index is 5.98. The number of aromatic nitrogens is 1. The number of nitrogens with one attached hydrogen (secondary N) is 1. The highest BCUT2D eigenvalue weighted by molar-refractivity contribution is 6.31. The first-order valence-electron chi connectivity index (χ1n) is 6.05. The van der Waals surface area contributed by atoms with Crippen LogP contribution in [0.5, 0.6) is 0 Å². The van der Waals surface area contributed by atoms with E-state index in [1.54, 1.807) is 0 Å². The average Bonchev–Trinajstić information content (AvgIpc) is 3.12. The summed E-state index contributed by atoms with van der Waals surface area (Å²) in [6.07, 6.45) is 4.53. The van der Waals surface area contributed by atoms with E-state index in [0.29, 0.717) is 6.04 Å². The topological polar surface area (TPSA) is 24.9 Å². The number of benzene rings is 1. The zero-order valence-electron chi connectivity index (χ0n) is 9.78. The molecule has 3 rings (SSSR count). The molecule has 0 spiro atoms. The van der Waals surface area contributed by atoms with Crippen LogP contribution in [-0.2, 0) is 0 Å². The van der Waals surface area contributed by atoms with Crippen molar-refractivity contribution in [1.29, 1.82) is 0 Å². The Morgan fingerprint density at radius 1 is 1.35 bits per heavy atom. The van der Waals surface area contributed by atoms with Crippen molar-refractivity contribution in [2.75, 3.05) is 5.32 Å². The summed E-state index contributed by atoms with van der Waals surface area (Å²) in [6.45, 7) is 2.25. The summed E-state index contributed by atoms with van der Waals surface area (Å²) in [6, 6.07) is 8.43. The van der Waals surface area contributed by atoms with E-state index in [1.165, 1.54) is 12.8 Å². The van der Waals surface area contributed by atoms with Crippen molar-refractivity contribution in [2.24, 2.45) is 5.92 Å². The normalized spacial score (nSPS) is 17.1. The molecule has 1 N–H and O–H groups in total. The van der Waals surface area contributed by atoms with Crippen molar-refractivity contribution in [2.45, 2.75) is 25.8 Å². The van der Waals surface area contributed by atoms with Crippen molar-refractivity contribution in [3.8, 4) is 0 Å². The first-order valence-corrected chi connectivity index (χ1v) is 6.42. The molecule has 17 heavy (non-hydrogen) atoms. The molecule has 1 atom stereocenters. The van der Waals surface area contributed by atoms with E-state index < -0.39 is 0 Å². The van der Waals surface area contributed by atoms with Crippen molar-refractivity contribution in [1.82, 2.24) is 4.98 Å². The van der Waals surface area contributed by atoms with Gasteiger partial charge in [0, 0.05) is 28.3 Å². The summed E-state index contributed by atoms with van der Waals surface area (Å²) in [7, 11) is 0. The molecular weight excluding hydrogens is 232 g/mol. The molecule has 0 amide bonds. The lowest BCUT2D eigenvalue weighted by Crippen LogP contribution is -2.17. The molecule has 1 aliphatic carbocycles. The quantitative estimate of drug-likeness (QED) is 0.882. The molecule has 1 fully saturated rings. The molecule has 1 saturated carbocycles. The molecule has 0 saturated heterocycles. The predicted molar refractivity (Wildman–Crippen MR) is 72.6 cm³/mol. The molecule has 88 valence electrons. The fourth-order valence-electron chi connectivity index (χ4n) is 2.21. The number of nitrogens with zero attached hydrogens (tertiary/aromatic N) is 1. The second-order valence-corrected chi connectivity index (χ2v) is 5.23. The third-order valence-electron chi connectivity index (χ3n) is 3.42. The Hall–Kier alpha value is -1.28. The van der Waals surface area contributed by atoms with Crippen LogP contribution in [0.3, 0.4) is 0 Å². The molecule has 3 heteroatoms. The second kappa shape index (κ2) is 4.19. The molecule has 1 unspecified atom stereocenters. The number of hydrogen-bond donors (Lipinski definition) is 1. The Morgan fingerprint density at radius 3 is 2.94 bits per heavy atom. The highest BCUT2D eigenvalue weighted by Gasteiger charge is 2.27. The van der Waals surface area contributed by atoms with Crippen LogP contribution in [-0.4, -0.2) is 11.0 Å². The smallest absolute Gasteiger partial charge is 0.0737 e. The molecule has 2 aromatic rings. The van der Waals surface area contributed by atoms with Gasteiger partial charge >= 0.3 is 0 Å². The van der Waals surface area contributed by atoms with Gasteiger partial charge in [-0.15, -0.1) is 0 Å². The van der Waals surface area contributed by atoms with Gasteiger partial charge in [0.15, 0.2) is 0 Å². The van der Waals surface area contributed by atoms with Gasteiger partial charge in [-0.1, -0.05) is 11.6 Å². The first-order chi connectivity index (χ1) is 8.24. The van der Waals surface area contributed by atoms with E-state index in [-0.39, 0.29) is 0 Å². The molecule has 1 heterocycles. The minimum atomic E-state index is 0.538. The van der Waals surface area contributed by atoms with Gasteiger partial charge in [-0.25, -0.2) is 0 Å². The van der Waals surface area contributed by atoms with Crippen LogP contribution in [0.2, 0.25) is 5.02 Å². The van der Waals surface area contributed by atoms with Gasteiger partial charge in [0.2, 0.25) is 0 Å². The molecular formula is C14H15ClN2. The largest absolute Gasteiger partial charge is 0.382 e. The Labute approximate surface area is 106 Å². The standard InChI is InChI=1S/C14H15ClN2/c1-9(10-2-3-10)17-13-6-7-16-14-8-11(15)4-5-12(13)14/h4-10H,2-3H2,1H3,(H,16,17). The highest BCUT2D eigenvalue weighted by Crippen LogP contribution is 2.35. The van der Waals surface area contributed by atoms with Crippen LogP contribution < -0.4 is 5.32 Å². The summed E-state index contributed by atoms with van der Waals surface area (Å²) < 4.78 is 0. The van der Waals surface area contributed by atoms with E-state index >= 15 is 0 Å². The Balaban J connectivity index is 1.97. The minimum Gasteiger partial charge on any atom is -0.382 e. The lowest BCUT2D eigenvalue weighted by molar-refractivity contribution is 0.695. The second-order valence-electron chi connectivity index (χ2n) is 4.79. The van der Waals surface area contributed by atoms with Crippen molar-refractivity contribution in [3.05, 3.63) is 35.5 Å². The zero-order chi connectivity index (χ0) is 11.8. The van der Waals surface area contributed by atoms with E-state index in [1.807, 2.05) is 30.5 Å². The molecule has 1 aliphatic rings. The average molecular weight is 247 g/mol. The number of anilines is 1. The van der Waals surface area contributed by atoms with Crippen LogP contribution >= 0.6 is 11.6 Å². The van der Waals surface area contributed by atoms with Gasteiger partial charge < -0.3 is 5.32 Å². The lowest BCUT2D eigenvalue weighted by atomic mass is 10.1. The fourth-order valence-corrected chi connectivity index (χ4v) is 2.37. The fraction of sp³-hybridized carbons (Fsp3) is 0.357. The van der Waals surface area contributed by atoms with Gasteiger partial charge in [-0.05, 0) is 49.9 Å². The summed E-state index contributed by atoms with van der Waals surface area (Å²) in [5.74, 6) is 0.838. The number of rotatable bonds is 3. The highest BCUT2D eigenvalue weighted by atomic mass is 35.5. The lowest BCUT2D eigenvalue weighted by Gasteiger charge is -2.16. The predicted octanol–water partition coefficient (Wildman–Crippen LogP) is 4.10. The van der Waals surface area contributed by atoms with Crippen LogP contribution in [0.1, 0.15) is 19.8 Å². The monoisotopic (exact) mass is 246 g/mol. The van der Waals surface area contributed by atoms with Gasteiger partial charge in [-0.2, -0.15) is 0 Å². The van der Waals surface area contributed by atoms with E-state index in [4.69, 9.17) is 11.6 Å². The van der Waals surface area contributed by atoms with Crippen molar-refractivity contribution in [3.63, 3.8) is 0 Å². The third-order valence-corrected chi connectivity index (χ3v) is 3.65. The van der Waals surface area contributed by atoms with Gasteiger partial charge in [0.05, 0.1) is 5.52 Å². The SMILES string of the molecule is CC(Nc1ccnc2cc(Cl)ccc12)C1CC1. The number of hydrogen-bond acceptors (Lipinski definition) is 2. The molecule has 0 radical (unpaired) electrons. The van der Waals surface area contributed by atoms with Gasteiger partial charge in [0.1, 0.15) is 0 Å². The zero-order valence-corrected chi connectivity index (χ0v) is 10.5. The number of fused-ring (bicyclic) bond motifs is 1. The van der Waals surface area contributed by atoms with Crippen LogP contribution in [0.25, 0.3) is 10.9 Å². The van der Waals surface area contributed by atoms with Crippen molar-refractivity contribution >= 4 is 28.2 Å². The summed E-state index contributed by atoms with van der Waals surface area (Å²) >= 11 is 5.98. The Bertz CT molecular complexity index is 549. The van der Waals surface area contributed by atoms with Crippen LogP contribution in [0.15, 0.2) is 30.5 Å². The first kappa shape index (κ1) is 10.8. The van der Waals surface area contributed by atoms with Crippen molar-refractivity contribution < 1.29 is 0 Å². The number of pyridine rings is 1. The minimum absolute atomic E-state index is 0.538. The molecule has 1 aromatic carbocycles. The maximum Gasteiger partial charge on any atom is 0.0737 e. The molecule has 2 nitrogen and oxygen atoms in total. The van der Waals surface area contributed by atoms with Crippen LogP contribution in [0, 0.1) is 5.92 Å². The van der Waals surface area contributed by atoms with Crippen LogP contribution in [0.4, 0.5) is 5.69 Å². The third kappa shape index (κ3) is 2.22. The van der Waals surface area contributed by atoms with E-state index in [0.717, 1.165) is 27.5 Å². The number of halogens is 1. The molecule has 0 bridgehead atoms. The summed E-state index contributed by atoms with van der Waals surface area (Å²) in [5, 5.41) is 5.46. The molecule has 1 aromatic heterocycles.